The molecule has 0 aromatic heterocycles. The van der Waals surface area contributed by atoms with Crippen molar-refractivity contribution < 1.29 is 9.59 Å². The maximum absolute atomic E-state index is 12.8. The van der Waals surface area contributed by atoms with E-state index in [0.717, 1.165) is 32.8 Å². The first-order chi connectivity index (χ1) is 13.1. The summed E-state index contributed by atoms with van der Waals surface area (Å²) in [5, 5.41) is 4.83. The average molecular weight is 376 g/mol. The molecule has 0 aliphatic carbocycles. The van der Waals surface area contributed by atoms with Crippen LogP contribution in [0.25, 0.3) is 10.8 Å². The van der Waals surface area contributed by atoms with Crippen LogP contribution in [-0.4, -0.2) is 24.1 Å². The molecule has 1 heterocycles. The number of amides is 2. The highest BCUT2D eigenvalue weighted by atomic mass is 32.2. The molecule has 3 aromatic carbocycles. The summed E-state index contributed by atoms with van der Waals surface area (Å²) in [4.78, 5) is 28.2. The summed E-state index contributed by atoms with van der Waals surface area (Å²) in [6, 6.07) is 17.1. The summed E-state index contributed by atoms with van der Waals surface area (Å²) in [5.41, 5.74) is 2.96. The molecule has 0 atom stereocenters. The average Bonchev–Trinajstić information content (AvgIpc) is 2.97. The van der Waals surface area contributed by atoms with Gasteiger partial charge in [0.1, 0.15) is 0 Å². The van der Waals surface area contributed by atoms with Crippen LogP contribution in [-0.2, 0) is 0 Å². The van der Waals surface area contributed by atoms with Crippen LogP contribution in [0.5, 0.6) is 0 Å². The number of anilines is 2. The van der Waals surface area contributed by atoms with E-state index in [1.54, 1.807) is 16.7 Å². The van der Waals surface area contributed by atoms with Crippen molar-refractivity contribution in [3.05, 3.63) is 65.7 Å². The van der Waals surface area contributed by atoms with E-state index < -0.39 is 0 Å². The summed E-state index contributed by atoms with van der Waals surface area (Å²) in [6.45, 7) is 4.67. The Bertz CT molecular complexity index is 1060. The van der Waals surface area contributed by atoms with Gasteiger partial charge in [0.15, 0.2) is 0 Å². The molecule has 1 aliphatic rings. The van der Waals surface area contributed by atoms with E-state index in [9.17, 15) is 9.59 Å². The van der Waals surface area contributed by atoms with Crippen LogP contribution in [0.2, 0.25) is 0 Å². The van der Waals surface area contributed by atoms with Gasteiger partial charge in [0.05, 0.1) is 5.69 Å². The van der Waals surface area contributed by atoms with Crippen LogP contribution in [0.3, 0.4) is 0 Å². The van der Waals surface area contributed by atoms with Gasteiger partial charge in [-0.3, -0.25) is 9.59 Å². The van der Waals surface area contributed by atoms with Crippen LogP contribution in [0, 0.1) is 0 Å². The Morgan fingerprint density at radius 3 is 2.67 bits per heavy atom. The molecule has 1 aliphatic heterocycles. The van der Waals surface area contributed by atoms with E-state index in [4.69, 9.17) is 0 Å². The number of carbonyl (C=O) groups excluding carboxylic acids is 2. The minimum absolute atomic E-state index is 0.0193. The maximum atomic E-state index is 12.8. The Hall–Kier alpha value is -2.79. The first-order valence-corrected chi connectivity index (χ1v) is 10.0. The summed E-state index contributed by atoms with van der Waals surface area (Å²) < 4.78 is 0. The van der Waals surface area contributed by atoms with Gasteiger partial charge < -0.3 is 10.2 Å². The third-order valence-electron chi connectivity index (χ3n) is 4.76. The molecule has 4 nitrogen and oxygen atoms in total. The fraction of sp³-hybridized carbons (Fsp3) is 0.182. The normalized spacial score (nSPS) is 12.7. The molecular weight excluding hydrogens is 356 g/mol. The highest BCUT2D eigenvalue weighted by Crippen LogP contribution is 2.40. The molecule has 4 rings (SSSR count). The van der Waals surface area contributed by atoms with Crippen molar-refractivity contribution in [2.24, 2.45) is 0 Å². The SMILES string of the molecule is CCSc1cccc(C(=O)Nc2ccc3c4c(cccc24)C(=O)N3CC)c1. The van der Waals surface area contributed by atoms with Gasteiger partial charge in [0, 0.05) is 39.0 Å². The third kappa shape index (κ3) is 2.98. The molecule has 0 radical (unpaired) electrons. The van der Waals surface area contributed by atoms with E-state index in [1.165, 1.54) is 0 Å². The van der Waals surface area contributed by atoms with Crippen LogP contribution >= 0.6 is 11.8 Å². The van der Waals surface area contributed by atoms with Crippen LogP contribution in [0.1, 0.15) is 34.6 Å². The standard InChI is InChI=1S/C22H20N2O2S/c1-3-24-19-12-11-18(16-9-6-10-17(20(16)19)22(24)26)23-21(25)14-7-5-8-15(13-14)27-4-2/h5-13H,3-4H2,1-2H3,(H,23,25). The Kier molecular flexibility index (Phi) is 4.62. The first kappa shape index (κ1) is 17.6. The minimum Gasteiger partial charge on any atom is -0.321 e. The second-order valence-corrected chi connectivity index (χ2v) is 7.66. The number of hydrogen-bond donors (Lipinski definition) is 1. The smallest absolute Gasteiger partial charge is 0.258 e. The fourth-order valence-corrected chi connectivity index (χ4v) is 4.28. The number of thioether (sulfide) groups is 1. The number of hydrogen-bond acceptors (Lipinski definition) is 3. The van der Waals surface area contributed by atoms with Crippen molar-refractivity contribution in [2.75, 3.05) is 22.5 Å². The maximum Gasteiger partial charge on any atom is 0.258 e. The molecule has 2 amide bonds. The zero-order chi connectivity index (χ0) is 19.0. The van der Waals surface area contributed by atoms with Crippen molar-refractivity contribution in [3.8, 4) is 0 Å². The summed E-state index contributed by atoms with van der Waals surface area (Å²) in [7, 11) is 0. The van der Waals surface area contributed by atoms with Crippen LogP contribution < -0.4 is 10.2 Å². The Morgan fingerprint density at radius 2 is 1.89 bits per heavy atom. The molecule has 0 saturated carbocycles. The molecule has 3 aromatic rings. The molecule has 136 valence electrons. The molecule has 0 spiro atoms. The van der Waals surface area contributed by atoms with E-state index >= 15 is 0 Å². The van der Waals surface area contributed by atoms with Crippen molar-refractivity contribution >= 4 is 45.7 Å². The molecule has 1 N–H and O–H groups in total. The number of benzene rings is 3. The van der Waals surface area contributed by atoms with Crippen LogP contribution in [0.4, 0.5) is 11.4 Å². The zero-order valence-corrected chi connectivity index (χ0v) is 16.1. The predicted molar refractivity (Wildman–Crippen MR) is 112 cm³/mol. The molecule has 5 heteroatoms. The molecule has 0 unspecified atom stereocenters. The van der Waals surface area contributed by atoms with Gasteiger partial charge in [-0.25, -0.2) is 0 Å². The number of rotatable bonds is 5. The summed E-state index contributed by atoms with van der Waals surface area (Å²) in [5.74, 6) is 0.832. The van der Waals surface area contributed by atoms with E-state index in [2.05, 4.69) is 12.2 Å². The van der Waals surface area contributed by atoms with Crippen molar-refractivity contribution in [3.63, 3.8) is 0 Å². The summed E-state index contributed by atoms with van der Waals surface area (Å²) in [6.07, 6.45) is 0. The first-order valence-electron chi connectivity index (χ1n) is 9.05. The fourth-order valence-electron chi connectivity index (χ4n) is 3.56. The largest absolute Gasteiger partial charge is 0.321 e. The highest BCUT2D eigenvalue weighted by Gasteiger charge is 2.29. The number of nitrogens with zero attached hydrogens (tertiary/aromatic N) is 1. The van der Waals surface area contributed by atoms with Gasteiger partial charge in [-0.1, -0.05) is 25.1 Å². The van der Waals surface area contributed by atoms with Gasteiger partial charge in [0.2, 0.25) is 0 Å². The van der Waals surface area contributed by atoms with Gasteiger partial charge in [-0.2, -0.15) is 0 Å². The highest BCUT2D eigenvalue weighted by molar-refractivity contribution is 7.99. The van der Waals surface area contributed by atoms with Gasteiger partial charge in [-0.05, 0) is 49.1 Å². The Balaban J connectivity index is 1.72. The lowest BCUT2D eigenvalue weighted by atomic mass is 10.0. The Labute approximate surface area is 162 Å². The number of nitrogens with one attached hydrogen (secondary N) is 1. The zero-order valence-electron chi connectivity index (χ0n) is 15.3. The molecule has 0 saturated heterocycles. The predicted octanol–water partition coefficient (Wildman–Crippen LogP) is 5.18. The molecule has 0 bridgehead atoms. The van der Waals surface area contributed by atoms with Crippen LogP contribution in [0.15, 0.2) is 59.5 Å². The lowest BCUT2D eigenvalue weighted by molar-refractivity contribution is 0.0992. The number of carbonyl (C=O) groups is 2. The van der Waals surface area contributed by atoms with Crippen molar-refractivity contribution in [2.45, 2.75) is 18.7 Å². The quantitative estimate of drug-likeness (QED) is 0.624. The molecule has 27 heavy (non-hydrogen) atoms. The van der Waals surface area contributed by atoms with Crippen molar-refractivity contribution in [1.82, 2.24) is 0 Å². The molecular formula is C22H20N2O2S. The lowest BCUT2D eigenvalue weighted by Gasteiger charge is -2.15. The summed E-state index contributed by atoms with van der Waals surface area (Å²) >= 11 is 1.71. The van der Waals surface area contributed by atoms with Gasteiger partial charge >= 0.3 is 0 Å². The molecule has 0 fully saturated rings. The van der Waals surface area contributed by atoms with Crippen molar-refractivity contribution in [1.29, 1.82) is 0 Å². The second kappa shape index (κ2) is 7.08. The minimum atomic E-state index is -0.147. The van der Waals surface area contributed by atoms with Gasteiger partial charge in [-0.15, -0.1) is 11.8 Å². The third-order valence-corrected chi connectivity index (χ3v) is 5.63. The second-order valence-electron chi connectivity index (χ2n) is 6.32. The van der Waals surface area contributed by atoms with E-state index in [0.29, 0.717) is 17.7 Å². The van der Waals surface area contributed by atoms with E-state index in [1.807, 2.05) is 61.5 Å². The Morgan fingerprint density at radius 1 is 1.07 bits per heavy atom. The van der Waals surface area contributed by atoms with Gasteiger partial charge in [0.25, 0.3) is 11.8 Å². The topological polar surface area (TPSA) is 49.4 Å². The monoisotopic (exact) mass is 376 g/mol. The lowest BCUT2D eigenvalue weighted by Crippen LogP contribution is -2.25. The van der Waals surface area contributed by atoms with E-state index in [-0.39, 0.29) is 11.8 Å².